The number of nitrogens with one attached hydrogen (secondary N) is 1. The van der Waals surface area contributed by atoms with E-state index in [4.69, 9.17) is 14.3 Å². The van der Waals surface area contributed by atoms with Crippen LogP contribution >= 0.6 is 0 Å². The molecule has 0 bridgehead atoms. The van der Waals surface area contributed by atoms with Crippen LogP contribution in [0.5, 0.6) is 0 Å². The highest BCUT2D eigenvalue weighted by atomic mass is 16.8. The number of carbonyl (C=O) groups is 5. The van der Waals surface area contributed by atoms with Gasteiger partial charge in [0.15, 0.2) is 5.82 Å². The van der Waals surface area contributed by atoms with E-state index in [1.165, 1.54) is 33.1 Å². The van der Waals surface area contributed by atoms with Crippen LogP contribution in [0.25, 0.3) is 17.5 Å². The molecule has 1 aromatic heterocycles. The third-order valence-corrected chi connectivity index (χ3v) is 6.52. The van der Waals surface area contributed by atoms with E-state index in [1.54, 1.807) is 66.1 Å². The van der Waals surface area contributed by atoms with E-state index >= 15 is 0 Å². The Bertz CT molecular complexity index is 1420. The summed E-state index contributed by atoms with van der Waals surface area (Å²) in [5.74, 6) is -1.62. The lowest BCUT2D eigenvalue weighted by Gasteiger charge is -2.35. The molecule has 2 aromatic rings. The van der Waals surface area contributed by atoms with Crippen molar-refractivity contribution in [2.24, 2.45) is 0 Å². The van der Waals surface area contributed by atoms with Gasteiger partial charge in [-0.05, 0) is 46.3 Å². The summed E-state index contributed by atoms with van der Waals surface area (Å²) in [6.07, 6.45) is 1.83. The van der Waals surface area contributed by atoms with Gasteiger partial charge in [0.2, 0.25) is 11.8 Å². The summed E-state index contributed by atoms with van der Waals surface area (Å²) in [7, 11) is 3.23. The first-order valence-electron chi connectivity index (χ1n) is 15.0. The number of hydrogen-bond acceptors (Lipinski definition) is 11. The van der Waals surface area contributed by atoms with E-state index in [0.29, 0.717) is 11.3 Å². The largest absolute Gasteiger partial charge is 0.527 e. The predicted octanol–water partition coefficient (Wildman–Crippen LogP) is 2.70. The molecule has 1 aromatic carbocycles. The summed E-state index contributed by atoms with van der Waals surface area (Å²) < 4.78 is 10.2. The van der Waals surface area contributed by atoms with E-state index in [0.717, 1.165) is 0 Å². The quantitative estimate of drug-likeness (QED) is 0.285. The molecule has 3 rings (SSSR count). The molecule has 1 aliphatic heterocycles. The number of nitrogens with zero attached hydrogens (tertiary/aromatic N) is 5. The standard InChI is InChI=1S/C32H42N6O8/c1-7-44-31(43)46-38-19-17-37(18-20-38)30(42)24(14-16-27(40)45-32(2,3)4)35-29(41)25-21-23(13-15-26(39)36(5)6)33-28(34-25)22-11-9-8-10-12-22/h8-13,15,21,24H,7,14,16-20H2,1-6H3,(H,35,41)/b15-13+/t24-/m0/s1. The van der Waals surface area contributed by atoms with Gasteiger partial charge in [0.1, 0.15) is 17.3 Å². The molecule has 0 saturated carbocycles. The Morgan fingerprint density at radius 1 is 1.02 bits per heavy atom. The maximum absolute atomic E-state index is 13.7. The van der Waals surface area contributed by atoms with Crippen molar-refractivity contribution < 1.29 is 38.3 Å². The highest BCUT2D eigenvalue weighted by molar-refractivity contribution is 5.97. The van der Waals surface area contributed by atoms with Crippen molar-refractivity contribution in [1.82, 2.24) is 30.1 Å². The molecule has 46 heavy (non-hydrogen) atoms. The smallest absolute Gasteiger partial charge is 0.460 e. The Morgan fingerprint density at radius 2 is 1.70 bits per heavy atom. The van der Waals surface area contributed by atoms with E-state index < -0.39 is 35.6 Å². The third kappa shape index (κ3) is 11.3. The fourth-order valence-corrected chi connectivity index (χ4v) is 4.30. The van der Waals surface area contributed by atoms with Crippen molar-refractivity contribution in [3.8, 4) is 11.4 Å². The summed E-state index contributed by atoms with van der Waals surface area (Å²) in [6.45, 7) is 7.92. The van der Waals surface area contributed by atoms with Gasteiger partial charge in [0.05, 0.1) is 25.4 Å². The molecule has 0 spiro atoms. The maximum atomic E-state index is 13.7. The number of aromatic nitrogens is 2. The van der Waals surface area contributed by atoms with Gasteiger partial charge in [-0.25, -0.2) is 14.8 Å². The molecule has 0 unspecified atom stereocenters. The Morgan fingerprint density at radius 3 is 2.30 bits per heavy atom. The van der Waals surface area contributed by atoms with Crippen LogP contribution in [0.4, 0.5) is 4.79 Å². The molecular formula is C32H42N6O8. The van der Waals surface area contributed by atoms with E-state index in [1.807, 2.05) is 6.07 Å². The molecule has 1 N–H and O–H groups in total. The number of benzene rings is 1. The fraction of sp³-hybridized carbons (Fsp3) is 0.469. The number of esters is 1. The number of rotatable bonds is 11. The lowest BCUT2D eigenvalue weighted by Crippen LogP contribution is -2.55. The Balaban J connectivity index is 1.85. The highest BCUT2D eigenvalue weighted by Crippen LogP contribution is 2.18. The van der Waals surface area contributed by atoms with Crippen LogP contribution in [-0.2, 0) is 28.7 Å². The molecular weight excluding hydrogens is 596 g/mol. The van der Waals surface area contributed by atoms with Crippen LogP contribution in [0.3, 0.4) is 0 Å². The number of amides is 3. The van der Waals surface area contributed by atoms with Gasteiger partial charge in [-0.15, -0.1) is 5.06 Å². The molecule has 1 fully saturated rings. The minimum Gasteiger partial charge on any atom is -0.460 e. The molecule has 1 saturated heterocycles. The van der Waals surface area contributed by atoms with Gasteiger partial charge in [-0.1, -0.05) is 30.3 Å². The lowest BCUT2D eigenvalue weighted by molar-refractivity contribution is -0.158. The average molecular weight is 639 g/mol. The normalized spacial score (nSPS) is 14.3. The highest BCUT2D eigenvalue weighted by Gasteiger charge is 2.31. The number of piperazine rings is 1. The Hall–Kier alpha value is -4.85. The van der Waals surface area contributed by atoms with Crippen molar-refractivity contribution in [1.29, 1.82) is 0 Å². The van der Waals surface area contributed by atoms with Crippen molar-refractivity contribution in [2.45, 2.75) is 52.2 Å². The number of ether oxygens (including phenoxy) is 2. The second-order valence-corrected chi connectivity index (χ2v) is 11.6. The second kappa shape index (κ2) is 16.5. The number of carbonyl (C=O) groups excluding carboxylic acids is 5. The van der Waals surface area contributed by atoms with Crippen LogP contribution in [0.15, 0.2) is 42.5 Å². The average Bonchev–Trinajstić information content (AvgIpc) is 3.01. The molecule has 0 radical (unpaired) electrons. The summed E-state index contributed by atoms with van der Waals surface area (Å²) >= 11 is 0. The van der Waals surface area contributed by atoms with Crippen molar-refractivity contribution in [3.63, 3.8) is 0 Å². The van der Waals surface area contributed by atoms with Gasteiger partial charge in [-0.2, -0.15) is 0 Å². The Labute approximate surface area is 268 Å². The van der Waals surface area contributed by atoms with Crippen LogP contribution < -0.4 is 5.32 Å². The molecule has 3 amide bonds. The van der Waals surface area contributed by atoms with Gasteiger partial charge < -0.3 is 29.4 Å². The van der Waals surface area contributed by atoms with E-state index in [-0.39, 0.29) is 63.1 Å². The minimum atomic E-state index is -1.10. The Kier molecular flexibility index (Phi) is 12.7. The fourth-order valence-electron chi connectivity index (χ4n) is 4.30. The van der Waals surface area contributed by atoms with Gasteiger partial charge in [0.25, 0.3) is 5.91 Å². The van der Waals surface area contributed by atoms with Crippen LogP contribution in [0, 0.1) is 0 Å². The molecule has 248 valence electrons. The first kappa shape index (κ1) is 35.6. The molecule has 1 atom stereocenters. The van der Waals surface area contributed by atoms with Gasteiger partial charge in [0, 0.05) is 45.2 Å². The number of hydrogen-bond donors (Lipinski definition) is 1. The van der Waals surface area contributed by atoms with E-state index in [2.05, 4.69) is 15.3 Å². The summed E-state index contributed by atoms with van der Waals surface area (Å²) in [6, 6.07) is 9.34. The van der Waals surface area contributed by atoms with E-state index in [9.17, 15) is 24.0 Å². The maximum Gasteiger partial charge on any atom is 0.527 e. The summed E-state index contributed by atoms with van der Waals surface area (Å²) in [5, 5.41) is 4.15. The van der Waals surface area contributed by atoms with Crippen molar-refractivity contribution in [2.75, 3.05) is 46.9 Å². The zero-order chi connectivity index (χ0) is 33.9. The second-order valence-electron chi connectivity index (χ2n) is 11.6. The van der Waals surface area contributed by atoms with Crippen LogP contribution in [0.1, 0.15) is 56.7 Å². The summed E-state index contributed by atoms with van der Waals surface area (Å²) in [5.41, 5.74) is 0.199. The van der Waals surface area contributed by atoms with Gasteiger partial charge >= 0.3 is 12.1 Å². The molecule has 1 aliphatic rings. The number of likely N-dealkylation sites (N-methyl/N-ethyl adjacent to an activating group) is 1. The first-order valence-corrected chi connectivity index (χ1v) is 15.0. The SMILES string of the molecule is CCOC(=O)ON1CCN(C(=O)[C@H](CCC(=O)OC(C)(C)C)NC(=O)c2cc(/C=C/C(=O)N(C)C)nc(-c3ccccc3)n2)CC1. The minimum absolute atomic E-state index is 0.0280. The topological polar surface area (TPSA) is 161 Å². The zero-order valence-corrected chi connectivity index (χ0v) is 27.1. The first-order chi connectivity index (χ1) is 21.8. The monoisotopic (exact) mass is 638 g/mol. The lowest BCUT2D eigenvalue weighted by atomic mass is 10.1. The summed E-state index contributed by atoms with van der Waals surface area (Å²) in [4.78, 5) is 80.8. The molecule has 0 aliphatic carbocycles. The predicted molar refractivity (Wildman–Crippen MR) is 168 cm³/mol. The van der Waals surface area contributed by atoms with Crippen molar-refractivity contribution in [3.05, 3.63) is 53.9 Å². The molecule has 2 heterocycles. The number of hydroxylamine groups is 2. The van der Waals surface area contributed by atoms with Crippen LogP contribution in [-0.4, -0.2) is 113 Å². The zero-order valence-electron chi connectivity index (χ0n) is 27.1. The third-order valence-electron chi connectivity index (χ3n) is 6.52. The molecule has 14 heteroatoms. The van der Waals surface area contributed by atoms with Gasteiger partial charge in [-0.3, -0.25) is 19.2 Å². The van der Waals surface area contributed by atoms with Crippen LogP contribution in [0.2, 0.25) is 0 Å². The molecule has 14 nitrogen and oxygen atoms in total. The van der Waals surface area contributed by atoms with Crippen molar-refractivity contribution >= 4 is 35.9 Å².